The highest BCUT2D eigenvalue weighted by Crippen LogP contribution is 1.81. The number of nitrogens with zero attached hydrogens (tertiary/aromatic N) is 1. The number of hydrogen-bond donors (Lipinski definition) is 0. The molecule has 1 heterocycles. The quantitative estimate of drug-likeness (QED) is 0.420. The standard InChI is InChI=1S/C4H5NO/c1-2-4-6-5-3-1/h1-3H,4H2/i3D. The lowest BCUT2D eigenvalue weighted by molar-refractivity contribution is 0.173. The van der Waals surface area contributed by atoms with E-state index in [1.165, 1.54) is 0 Å². The average Bonchev–Trinajstić information content (AvgIpc) is 1.69. The molecule has 0 atom stereocenters. The van der Waals surface area contributed by atoms with Crippen molar-refractivity contribution in [2.24, 2.45) is 5.16 Å². The lowest BCUT2D eigenvalue weighted by Crippen LogP contribution is -1.86. The van der Waals surface area contributed by atoms with E-state index in [0.29, 0.717) is 6.61 Å². The SMILES string of the molecule is [2H]C1=NOCC=C1. The van der Waals surface area contributed by atoms with Gasteiger partial charge in [0, 0.05) is 0 Å². The maximum Gasteiger partial charge on any atom is 0.135 e. The Kier molecular flexibility index (Phi) is 0.638. The van der Waals surface area contributed by atoms with Crippen LogP contribution in [0.5, 0.6) is 0 Å². The molecule has 0 aromatic rings. The maximum absolute atomic E-state index is 6.81. The molecule has 0 aliphatic carbocycles. The Balaban J connectivity index is 2.58. The van der Waals surface area contributed by atoms with Gasteiger partial charge in [0.1, 0.15) is 6.61 Å². The Morgan fingerprint density at radius 1 is 2.00 bits per heavy atom. The molecule has 32 valence electrons. The molecule has 0 amide bonds. The topological polar surface area (TPSA) is 21.6 Å². The zero-order valence-corrected chi connectivity index (χ0v) is 3.22. The molecule has 0 unspecified atom stereocenters. The van der Waals surface area contributed by atoms with E-state index >= 15 is 0 Å². The van der Waals surface area contributed by atoms with Crippen molar-refractivity contribution in [3.05, 3.63) is 12.2 Å². The van der Waals surface area contributed by atoms with Gasteiger partial charge in [-0.25, -0.2) is 0 Å². The summed E-state index contributed by atoms with van der Waals surface area (Å²) in [4.78, 5) is 4.50. The molecule has 1 aliphatic rings. The molecule has 0 spiro atoms. The largest absolute Gasteiger partial charge is 0.392 e. The monoisotopic (exact) mass is 84.0 g/mol. The first-order chi connectivity index (χ1) is 3.39. The third kappa shape index (κ3) is 0.578. The van der Waals surface area contributed by atoms with E-state index in [9.17, 15) is 0 Å². The summed E-state index contributed by atoms with van der Waals surface area (Å²) in [6.07, 6.45) is 3.53. The molecule has 0 fully saturated rings. The molecule has 0 aromatic heterocycles. The predicted octanol–water partition coefficient (Wildman–Crippen LogP) is 0.559. The van der Waals surface area contributed by atoms with E-state index < -0.39 is 0 Å². The average molecular weight is 84.1 g/mol. The first kappa shape index (κ1) is 2.39. The second-order valence-electron chi connectivity index (χ2n) is 0.919. The van der Waals surface area contributed by atoms with Gasteiger partial charge in [-0.15, -0.1) is 0 Å². The Bertz CT molecular complexity index is 119. The Labute approximate surface area is 37.5 Å². The minimum Gasteiger partial charge on any atom is -0.392 e. The number of oxime groups is 1. The minimum absolute atomic E-state index is 0.186. The number of hydrogen-bond acceptors (Lipinski definition) is 2. The van der Waals surface area contributed by atoms with E-state index in [1.54, 1.807) is 12.2 Å². The summed E-state index contributed by atoms with van der Waals surface area (Å²) in [5.74, 6) is 0. The normalized spacial score (nSPS) is 21.3. The van der Waals surface area contributed by atoms with Crippen molar-refractivity contribution in [2.75, 3.05) is 6.61 Å². The van der Waals surface area contributed by atoms with Crippen LogP contribution in [0.4, 0.5) is 0 Å². The molecule has 0 saturated heterocycles. The van der Waals surface area contributed by atoms with Crippen LogP contribution >= 0.6 is 0 Å². The number of rotatable bonds is 0. The molecule has 1 aliphatic heterocycles. The first-order valence-corrected chi connectivity index (χ1v) is 1.73. The van der Waals surface area contributed by atoms with Gasteiger partial charge < -0.3 is 4.84 Å². The van der Waals surface area contributed by atoms with Crippen LogP contribution in [0.2, 0.25) is 0 Å². The summed E-state index contributed by atoms with van der Waals surface area (Å²) in [7, 11) is 0. The Morgan fingerprint density at radius 2 is 3.00 bits per heavy atom. The van der Waals surface area contributed by atoms with E-state index in [-0.39, 0.29) is 6.19 Å². The third-order valence-corrected chi connectivity index (χ3v) is 0.480. The fraction of sp³-hybridized carbons (Fsp3) is 0.250. The van der Waals surface area contributed by atoms with Crippen molar-refractivity contribution in [2.45, 2.75) is 0 Å². The molecule has 2 nitrogen and oxygen atoms in total. The second kappa shape index (κ2) is 1.60. The first-order valence-electron chi connectivity index (χ1n) is 2.23. The van der Waals surface area contributed by atoms with Gasteiger partial charge >= 0.3 is 0 Å². The lowest BCUT2D eigenvalue weighted by Gasteiger charge is -1.92. The van der Waals surface area contributed by atoms with E-state index in [1.807, 2.05) is 0 Å². The summed E-state index contributed by atoms with van der Waals surface area (Å²) in [6.45, 7) is 0.502. The van der Waals surface area contributed by atoms with Crippen molar-refractivity contribution in [3.63, 3.8) is 0 Å². The van der Waals surface area contributed by atoms with Gasteiger partial charge in [-0.1, -0.05) is 5.16 Å². The van der Waals surface area contributed by atoms with Crippen molar-refractivity contribution >= 4 is 6.19 Å². The highest BCUT2D eigenvalue weighted by molar-refractivity contribution is 5.70. The van der Waals surface area contributed by atoms with Crippen molar-refractivity contribution < 1.29 is 6.21 Å². The van der Waals surface area contributed by atoms with E-state index in [0.717, 1.165) is 0 Å². The molecule has 2 heteroatoms. The second-order valence-corrected chi connectivity index (χ2v) is 0.919. The van der Waals surface area contributed by atoms with E-state index in [4.69, 9.17) is 1.37 Å². The van der Waals surface area contributed by atoms with Crippen LogP contribution in [0.15, 0.2) is 17.3 Å². The summed E-state index contributed by atoms with van der Waals surface area (Å²) in [5, 5.41) is 3.33. The van der Waals surface area contributed by atoms with Gasteiger partial charge in [0.05, 0.1) is 7.56 Å². The van der Waals surface area contributed by atoms with Gasteiger partial charge in [-0.05, 0) is 12.2 Å². The van der Waals surface area contributed by atoms with Crippen LogP contribution in [0.25, 0.3) is 0 Å². The van der Waals surface area contributed by atoms with Gasteiger partial charge in [0.15, 0.2) is 0 Å². The third-order valence-electron chi connectivity index (χ3n) is 0.480. The van der Waals surface area contributed by atoms with Gasteiger partial charge in [-0.3, -0.25) is 0 Å². The molecule has 0 N–H and O–H groups in total. The molecular formula is C4H5NO. The summed E-state index contributed by atoms with van der Waals surface area (Å²) in [6, 6.07) is 0. The van der Waals surface area contributed by atoms with Gasteiger partial charge in [0.2, 0.25) is 0 Å². The van der Waals surface area contributed by atoms with Crippen molar-refractivity contribution in [3.8, 4) is 0 Å². The van der Waals surface area contributed by atoms with Crippen molar-refractivity contribution in [1.29, 1.82) is 0 Å². The summed E-state index contributed by atoms with van der Waals surface area (Å²) >= 11 is 0. The highest BCUT2D eigenvalue weighted by Gasteiger charge is 1.77. The van der Waals surface area contributed by atoms with Crippen LogP contribution in [0, 0.1) is 0 Å². The fourth-order valence-corrected chi connectivity index (χ4v) is 0.249. The smallest absolute Gasteiger partial charge is 0.135 e. The van der Waals surface area contributed by atoms with Gasteiger partial charge in [-0.2, -0.15) is 0 Å². The maximum atomic E-state index is 6.81. The molecule has 0 aromatic carbocycles. The summed E-state index contributed by atoms with van der Waals surface area (Å²) < 4.78 is 6.81. The predicted molar refractivity (Wildman–Crippen MR) is 23.6 cm³/mol. The van der Waals surface area contributed by atoms with Crippen LogP contribution in [0.1, 0.15) is 1.37 Å². The molecule has 0 bridgehead atoms. The Hall–Kier alpha value is -0.790. The zero-order chi connectivity index (χ0) is 5.11. The molecule has 6 heavy (non-hydrogen) atoms. The van der Waals surface area contributed by atoms with Crippen molar-refractivity contribution in [1.82, 2.24) is 0 Å². The summed E-state index contributed by atoms with van der Waals surface area (Å²) in [5.41, 5.74) is 0. The molecular weight excluding hydrogens is 78.0 g/mol. The highest BCUT2D eigenvalue weighted by atomic mass is 16.6. The van der Waals surface area contributed by atoms with E-state index in [2.05, 4.69) is 9.99 Å². The lowest BCUT2D eigenvalue weighted by atomic mass is 10.5. The molecule has 0 radical (unpaired) electrons. The van der Waals surface area contributed by atoms with Gasteiger partial charge in [0.25, 0.3) is 0 Å². The van der Waals surface area contributed by atoms with Crippen LogP contribution in [0.3, 0.4) is 0 Å². The molecule has 0 saturated carbocycles. The van der Waals surface area contributed by atoms with Crippen LogP contribution in [-0.2, 0) is 4.84 Å². The Morgan fingerprint density at radius 3 is 3.33 bits per heavy atom. The minimum atomic E-state index is 0.186. The fourth-order valence-electron chi connectivity index (χ4n) is 0.249. The zero-order valence-electron chi connectivity index (χ0n) is 4.22. The van der Waals surface area contributed by atoms with Crippen LogP contribution < -0.4 is 0 Å². The number of allylic oxidation sites excluding steroid dienone is 1. The van der Waals surface area contributed by atoms with Crippen LogP contribution in [-0.4, -0.2) is 12.8 Å². The molecule has 1 rings (SSSR count).